The van der Waals surface area contributed by atoms with Crippen molar-refractivity contribution >= 4 is 0 Å². The molecule has 0 aliphatic heterocycles. The minimum absolute atomic E-state index is 0.573. The van der Waals surface area contributed by atoms with Gasteiger partial charge in [0.05, 0.1) is 12.7 Å². The molecule has 0 N–H and O–H groups in total. The van der Waals surface area contributed by atoms with E-state index in [-0.39, 0.29) is 0 Å². The van der Waals surface area contributed by atoms with Gasteiger partial charge in [0.1, 0.15) is 0 Å². The van der Waals surface area contributed by atoms with E-state index in [1.54, 1.807) is 0 Å². The van der Waals surface area contributed by atoms with Gasteiger partial charge in [-0.25, -0.2) is 0 Å². The molecular formula is C14H23O. The topological polar surface area (TPSA) is 9.23 Å². The van der Waals surface area contributed by atoms with Crippen LogP contribution in [0.15, 0.2) is 0 Å². The van der Waals surface area contributed by atoms with Crippen LogP contribution in [0.2, 0.25) is 0 Å². The summed E-state index contributed by atoms with van der Waals surface area (Å²) in [4.78, 5) is 0. The second kappa shape index (κ2) is 3.76. The first-order valence-corrected chi connectivity index (χ1v) is 6.74. The van der Waals surface area contributed by atoms with Crippen molar-refractivity contribution in [2.75, 3.05) is 0 Å². The lowest BCUT2D eigenvalue weighted by atomic mass is 9.80. The average Bonchev–Trinajstić information content (AvgIpc) is 2.86. The van der Waals surface area contributed by atoms with E-state index in [0.29, 0.717) is 12.0 Å². The van der Waals surface area contributed by atoms with Crippen LogP contribution in [0.1, 0.15) is 46.0 Å². The molecule has 2 bridgehead atoms. The summed E-state index contributed by atoms with van der Waals surface area (Å²) in [5.41, 5.74) is 0. The van der Waals surface area contributed by atoms with Gasteiger partial charge in [0.2, 0.25) is 0 Å². The molecular weight excluding hydrogens is 184 g/mol. The maximum Gasteiger partial charge on any atom is 0.0866 e. The van der Waals surface area contributed by atoms with Crippen LogP contribution in [0.4, 0.5) is 0 Å². The predicted molar refractivity (Wildman–Crippen MR) is 61.1 cm³/mol. The van der Waals surface area contributed by atoms with E-state index in [4.69, 9.17) is 4.74 Å². The zero-order chi connectivity index (χ0) is 10.4. The molecule has 85 valence electrons. The van der Waals surface area contributed by atoms with E-state index in [9.17, 15) is 0 Å². The van der Waals surface area contributed by atoms with Crippen molar-refractivity contribution in [3.63, 3.8) is 0 Å². The smallest absolute Gasteiger partial charge is 0.0866 e. The van der Waals surface area contributed by atoms with Crippen LogP contribution in [0.25, 0.3) is 0 Å². The molecule has 0 aromatic rings. The predicted octanol–water partition coefficient (Wildman–Crippen LogP) is 3.65. The van der Waals surface area contributed by atoms with Gasteiger partial charge in [-0.05, 0) is 55.3 Å². The highest BCUT2D eigenvalue weighted by molar-refractivity contribution is 5.03. The van der Waals surface area contributed by atoms with Gasteiger partial charge in [-0.2, -0.15) is 0 Å². The monoisotopic (exact) mass is 207 g/mol. The van der Waals surface area contributed by atoms with Crippen molar-refractivity contribution in [1.82, 2.24) is 0 Å². The zero-order valence-electron chi connectivity index (χ0n) is 9.99. The maximum absolute atomic E-state index is 5.98. The molecule has 3 rings (SSSR count). The fraction of sp³-hybridized carbons (Fsp3) is 0.929. The first-order chi connectivity index (χ1) is 7.25. The Morgan fingerprint density at radius 2 is 1.87 bits per heavy atom. The van der Waals surface area contributed by atoms with Crippen molar-refractivity contribution in [3.05, 3.63) is 6.61 Å². The van der Waals surface area contributed by atoms with Crippen LogP contribution in [-0.4, -0.2) is 6.10 Å². The molecule has 0 heterocycles. The van der Waals surface area contributed by atoms with Crippen LogP contribution in [0.3, 0.4) is 0 Å². The van der Waals surface area contributed by atoms with Gasteiger partial charge < -0.3 is 4.74 Å². The number of hydrogen-bond acceptors (Lipinski definition) is 1. The van der Waals surface area contributed by atoms with E-state index in [1.807, 2.05) is 0 Å². The first kappa shape index (κ1) is 10.1. The van der Waals surface area contributed by atoms with Crippen molar-refractivity contribution in [3.8, 4) is 0 Å². The molecule has 5 atom stereocenters. The summed E-state index contributed by atoms with van der Waals surface area (Å²) in [5, 5.41) is 0. The van der Waals surface area contributed by atoms with Crippen molar-refractivity contribution < 1.29 is 4.74 Å². The van der Waals surface area contributed by atoms with Gasteiger partial charge in [-0.1, -0.05) is 20.3 Å². The lowest BCUT2D eigenvalue weighted by Gasteiger charge is -2.31. The fourth-order valence-electron chi connectivity index (χ4n) is 4.42. The van der Waals surface area contributed by atoms with Gasteiger partial charge in [-0.15, -0.1) is 0 Å². The van der Waals surface area contributed by atoms with Crippen LogP contribution in [-0.2, 0) is 4.74 Å². The quantitative estimate of drug-likeness (QED) is 0.686. The summed E-state index contributed by atoms with van der Waals surface area (Å²) in [5.74, 6) is 4.64. The molecule has 3 aliphatic rings. The standard InChI is InChI=1S/C14H23O/c1-9(2)8-15-14-7-10-6-13(14)12-5-3-4-11(10)12/h8-14H,3-7H2,1-2H3. The third-order valence-electron chi connectivity index (χ3n) is 4.89. The summed E-state index contributed by atoms with van der Waals surface area (Å²) < 4.78 is 5.98. The van der Waals surface area contributed by atoms with Crippen LogP contribution < -0.4 is 0 Å². The largest absolute Gasteiger partial charge is 0.372 e. The van der Waals surface area contributed by atoms with E-state index in [1.165, 1.54) is 32.1 Å². The van der Waals surface area contributed by atoms with Gasteiger partial charge in [0.15, 0.2) is 0 Å². The second-order valence-electron chi connectivity index (χ2n) is 6.21. The van der Waals surface area contributed by atoms with Crippen LogP contribution >= 0.6 is 0 Å². The van der Waals surface area contributed by atoms with Gasteiger partial charge in [0.25, 0.3) is 0 Å². The molecule has 15 heavy (non-hydrogen) atoms. The molecule has 3 fully saturated rings. The number of fused-ring (bicyclic) bond motifs is 5. The zero-order valence-corrected chi connectivity index (χ0v) is 9.99. The minimum atomic E-state index is 0.573. The Labute approximate surface area is 93.6 Å². The Bertz CT molecular complexity index is 235. The number of ether oxygens (including phenoxy) is 1. The van der Waals surface area contributed by atoms with Crippen molar-refractivity contribution in [2.45, 2.75) is 52.1 Å². The Morgan fingerprint density at radius 1 is 1.07 bits per heavy atom. The Hall–Kier alpha value is -0.0400. The summed E-state index contributed by atoms with van der Waals surface area (Å²) in [6.45, 7) is 6.46. The molecule has 3 aliphatic carbocycles. The molecule has 3 saturated carbocycles. The lowest BCUT2D eigenvalue weighted by molar-refractivity contribution is 0.0149. The Kier molecular flexibility index (Phi) is 2.54. The third-order valence-corrected chi connectivity index (χ3v) is 4.89. The van der Waals surface area contributed by atoms with Crippen molar-refractivity contribution in [1.29, 1.82) is 0 Å². The van der Waals surface area contributed by atoms with E-state index < -0.39 is 0 Å². The summed E-state index contributed by atoms with van der Waals surface area (Å²) in [7, 11) is 0. The van der Waals surface area contributed by atoms with Crippen LogP contribution in [0, 0.1) is 36.2 Å². The Balaban J connectivity index is 1.61. The molecule has 1 nitrogen and oxygen atoms in total. The van der Waals surface area contributed by atoms with E-state index in [2.05, 4.69) is 20.5 Å². The first-order valence-electron chi connectivity index (χ1n) is 6.74. The summed E-state index contributed by atoms with van der Waals surface area (Å²) >= 11 is 0. The highest BCUT2D eigenvalue weighted by Crippen LogP contribution is 2.59. The lowest BCUT2D eigenvalue weighted by Crippen LogP contribution is -2.30. The summed E-state index contributed by atoms with van der Waals surface area (Å²) in [6.07, 6.45) is 7.92. The fourth-order valence-corrected chi connectivity index (χ4v) is 4.42. The molecule has 0 aromatic heterocycles. The van der Waals surface area contributed by atoms with Gasteiger partial charge in [-0.3, -0.25) is 0 Å². The third kappa shape index (κ3) is 1.63. The highest BCUT2D eigenvalue weighted by Gasteiger charge is 2.54. The van der Waals surface area contributed by atoms with Gasteiger partial charge in [0, 0.05) is 0 Å². The highest BCUT2D eigenvalue weighted by atomic mass is 16.5. The minimum Gasteiger partial charge on any atom is -0.372 e. The normalized spacial score (nSPS) is 47.8. The SMILES string of the molecule is CC(C)[CH]OC1CC2CC1C1CCCC21. The maximum atomic E-state index is 5.98. The molecule has 1 heteroatoms. The molecule has 5 unspecified atom stereocenters. The average molecular weight is 207 g/mol. The van der Waals surface area contributed by atoms with E-state index in [0.717, 1.165) is 23.7 Å². The van der Waals surface area contributed by atoms with Crippen molar-refractivity contribution in [2.24, 2.45) is 29.6 Å². The molecule has 0 aromatic carbocycles. The molecule has 0 amide bonds. The summed E-state index contributed by atoms with van der Waals surface area (Å²) in [6, 6.07) is 0. The number of hydrogen-bond donors (Lipinski definition) is 0. The van der Waals surface area contributed by atoms with E-state index >= 15 is 0 Å². The van der Waals surface area contributed by atoms with Crippen LogP contribution in [0.5, 0.6) is 0 Å². The molecule has 0 spiro atoms. The van der Waals surface area contributed by atoms with Gasteiger partial charge >= 0.3 is 0 Å². The molecule has 1 radical (unpaired) electrons. The number of rotatable bonds is 3. The second-order valence-corrected chi connectivity index (χ2v) is 6.21. The Morgan fingerprint density at radius 3 is 2.67 bits per heavy atom. The molecule has 0 saturated heterocycles.